The van der Waals surface area contributed by atoms with E-state index in [1.807, 2.05) is 45.9 Å². The molecule has 4 rings (SSSR count). The van der Waals surface area contributed by atoms with Crippen molar-refractivity contribution in [1.82, 2.24) is 14.9 Å². The minimum Gasteiger partial charge on any atom is -0.388 e. The number of carbonyl (C=O) groups is 2. The summed E-state index contributed by atoms with van der Waals surface area (Å²) in [5.41, 5.74) is 5.17. The number of rotatable bonds is 9. The van der Waals surface area contributed by atoms with Gasteiger partial charge in [-0.25, -0.2) is 14.4 Å². The smallest absolute Gasteiger partial charge is 0.273 e. The molecule has 0 bridgehead atoms. The Balaban J connectivity index is 1.80. The molecule has 0 spiro atoms. The van der Waals surface area contributed by atoms with Crippen LogP contribution in [0.2, 0.25) is 0 Å². The van der Waals surface area contributed by atoms with E-state index in [1.54, 1.807) is 17.2 Å². The molecule has 1 aliphatic carbocycles. The Morgan fingerprint density at radius 2 is 1.95 bits per heavy atom. The number of alkyl halides is 1. The number of ether oxygens (including phenoxy) is 1. The lowest BCUT2D eigenvalue weighted by atomic mass is 9.91. The van der Waals surface area contributed by atoms with E-state index in [2.05, 4.69) is 17.2 Å². The van der Waals surface area contributed by atoms with Crippen molar-refractivity contribution in [2.24, 2.45) is 5.92 Å². The highest BCUT2D eigenvalue weighted by Crippen LogP contribution is 2.35. The largest absolute Gasteiger partial charge is 0.388 e. The first-order valence-electron chi connectivity index (χ1n) is 14.0. The maximum atomic E-state index is 13.8. The van der Waals surface area contributed by atoms with Crippen molar-refractivity contribution in [2.45, 2.75) is 66.2 Å². The van der Waals surface area contributed by atoms with Gasteiger partial charge in [0.25, 0.3) is 5.91 Å². The maximum Gasteiger partial charge on any atom is 0.273 e. The fourth-order valence-corrected chi connectivity index (χ4v) is 4.91. The molecule has 214 valence electrons. The molecule has 0 aromatic carbocycles. The predicted molar refractivity (Wildman–Crippen MR) is 155 cm³/mol. The van der Waals surface area contributed by atoms with Gasteiger partial charge in [-0.1, -0.05) is 31.6 Å². The van der Waals surface area contributed by atoms with Crippen LogP contribution in [0.5, 0.6) is 0 Å². The molecule has 2 aromatic rings. The molecular formula is C31H39FN4O4. The second-order valence-corrected chi connectivity index (χ2v) is 10.4. The lowest BCUT2D eigenvalue weighted by molar-refractivity contribution is -0.117. The normalized spacial score (nSPS) is 21.2. The summed E-state index contributed by atoms with van der Waals surface area (Å²) in [5, 5.41) is 14.1. The zero-order valence-electron chi connectivity index (χ0n) is 24.0. The topological polar surface area (TPSA) is 105 Å². The Kier molecular flexibility index (Phi) is 9.48. The lowest BCUT2D eigenvalue weighted by Crippen LogP contribution is -2.41. The van der Waals surface area contributed by atoms with Crippen LogP contribution < -0.4 is 5.32 Å². The number of anilines is 1. The van der Waals surface area contributed by atoms with Gasteiger partial charge < -0.3 is 20.1 Å². The lowest BCUT2D eigenvalue weighted by Gasteiger charge is -2.27. The molecule has 2 fully saturated rings. The summed E-state index contributed by atoms with van der Waals surface area (Å²) in [7, 11) is 0. The molecule has 3 atom stereocenters. The summed E-state index contributed by atoms with van der Waals surface area (Å²) in [6, 6.07) is 3.51. The number of allylic oxidation sites excluding steroid dienone is 4. The first-order chi connectivity index (χ1) is 19.2. The van der Waals surface area contributed by atoms with E-state index in [4.69, 9.17) is 9.72 Å². The molecule has 2 amide bonds. The number of pyridine rings is 2. The Bertz CT molecular complexity index is 1380. The van der Waals surface area contributed by atoms with Gasteiger partial charge in [0.2, 0.25) is 5.91 Å². The van der Waals surface area contributed by atoms with Gasteiger partial charge in [0, 0.05) is 36.3 Å². The number of aliphatic hydroxyl groups excluding tert-OH is 1. The maximum absolute atomic E-state index is 13.8. The number of fused-ring (bicyclic) bond motifs is 1. The fraction of sp³-hybridized carbons (Fsp3) is 0.484. The van der Waals surface area contributed by atoms with E-state index in [0.717, 1.165) is 28.7 Å². The summed E-state index contributed by atoms with van der Waals surface area (Å²) in [5.74, 6) is -0.984. The molecule has 2 aliphatic rings. The fourth-order valence-electron chi connectivity index (χ4n) is 4.91. The minimum atomic E-state index is -1.11. The third kappa shape index (κ3) is 6.47. The van der Waals surface area contributed by atoms with Crippen molar-refractivity contribution in [1.29, 1.82) is 0 Å². The third-order valence-corrected chi connectivity index (χ3v) is 7.65. The number of halogens is 1. The Hall–Kier alpha value is -3.43. The van der Waals surface area contributed by atoms with Gasteiger partial charge in [-0.3, -0.25) is 9.59 Å². The molecule has 2 aromatic heterocycles. The highest BCUT2D eigenvalue weighted by Gasteiger charge is 2.43. The van der Waals surface area contributed by atoms with E-state index < -0.39 is 24.1 Å². The summed E-state index contributed by atoms with van der Waals surface area (Å²) in [4.78, 5) is 37.0. The second-order valence-electron chi connectivity index (χ2n) is 10.4. The van der Waals surface area contributed by atoms with Gasteiger partial charge in [-0.05, 0) is 62.8 Å². The molecule has 8 nitrogen and oxygen atoms in total. The van der Waals surface area contributed by atoms with Crippen LogP contribution in [0.4, 0.5) is 10.2 Å². The van der Waals surface area contributed by atoms with Crippen LogP contribution in [0.15, 0.2) is 47.2 Å². The number of aliphatic hydroxyl groups is 1. The number of morpholine rings is 1. The molecule has 1 saturated heterocycles. The van der Waals surface area contributed by atoms with E-state index in [9.17, 15) is 19.1 Å². The number of nitrogens with zero attached hydrogens (tertiary/aromatic N) is 3. The van der Waals surface area contributed by atoms with Crippen LogP contribution >= 0.6 is 0 Å². The van der Waals surface area contributed by atoms with E-state index >= 15 is 0 Å². The van der Waals surface area contributed by atoms with Crippen molar-refractivity contribution in [3.05, 3.63) is 58.5 Å². The van der Waals surface area contributed by atoms with Crippen molar-refractivity contribution < 1.29 is 23.8 Å². The van der Waals surface area contributed by atoms with Crippen LogP contribution in [0.1, 0.15) is 69.9 Å². The third-order valence-electron chi connectivity index (χ3n) is 7.65. The average Bonchev–Trinajstić information content (AvgIpc) is 3.71. The highest BCUT2D eigenvalue weighted by atomic mass is 19.1. The van der Waals surface area contributed by atoms with Crippen molar-refractivity contribution >= 4 is 34.1 Å². The highest BCUT2D eigenvalue weighted by molar-refractivity contribution is 6.03. The molecule has 3 heterocycles. The van der Waals surface area contributed by atoms with E-state index in [0.29, 0.717) is 54.9 Å². The summed E-state index contributed by atoms with van der Waals surface area (Å²) in [6.45, 7) is 11.8. The van der Waals surface area contributed by atoms with Gasteiger partial charge in [0.05, 0.1) is 30.8 Å². The molecule has 0 radical (unpaired) electrons. The van der Waals surface area contributed by atoms with Gasteiger partial charge in [-0.2, -0.15) is 0 Å². The number of nitrogens with one attached hydrogen (secondary N) is 1. The zero-order valence-corrected chi connectivity index (χ0v) is 24.0. The first-order valence-corrected chi connectivity index (χ1v) is 14.0. The quantitative estimate of drug-likeness (QED) is 0.414. The van der Waals surface area contributed by atoms with E-state index in [1.165, 1.54) is 0 Å². The first kappa shape index (κ1) is 29.6. The second kappa shape index (κ2) is 12.8. The molecule has 1 aliphatic heterocycles. The van der Waals surface area contributed by atoms with Crippen LogP contribution in [-0.4, -0.2) is 70.4 Å². The van der Waals surface area contributed by atoms with Crippen LogP contribution in [0.25, 0.3) is 16.5 Å². The van der Waals surface area contributed by atoms with Crippen molar-refractivity contribution in [3.8, 4) is 0 Å². The standard InChI is InChI=1S/C31H39FN4O4/c1-6-18(4)22(27(37)8-3)13-19(5)21(7-2)23-14-20-17-33-28(35-30(38)24-15-25(24)32)16-26(20)34-29(23)31(39)36-9-11-40-12-10-36/h7,13-14,16-17,24-25,27,37H,6,8-12,15H2,1-5H3,(H,33,35,38)/b19-13-,21-7+,22-18-. The Morgan fingerprint density at radius 3 is 2.55 bits per heavy atom. The van der Waals surface area contributed by atoms with Crippen LogP contribution in [0, 0.1) is 5.92 Å². The van der Waals surface area contributed by atoms with E-state index in [-0.39, 0.29) is 18.1 Å². The number of aromatic nitrogens is 2. The minimum absolute atomic E-state index is 0.206. The molecule has 3 unspecified atom stereocenters. The van der Waals surface area contributed by atoms with Gasteiger partial charge in [-0.15, -0.1) is 0 Å². The number of hydrogen-bond donors (Lipinski definition) is 2. The molecule has 9 heteroatoms. The van der Waals surface area contributed by atoms with Gasteiger partial charge in [0.15, 0.2) is 0 Å². The van der Waals surface area contributed by atoms with Gasteiger partial charge >= 0.3 is 0 Å². The van der Waals surface area contributed by atoms with Crippen LogP contribution in [0.3, 0.4) is 0 Å². The summed E-state index contributed by atoms with van der Waals surface area (Å²) < 4.78 is 18.8. The Morgan fingerprint density at radius 1 is 1.25 bits per heavy atom. The average molecular weight is 551 g/mol. The number of amides is 2. The zero-order chi connectivity index (χ0) is 29.0. The van der Waals surface area contributed by atoms with Crippen LogP contribution in [-0.2, 0) is 9.53 Å². The Labute approximate surface area is 235 Å². The van der Waals surface area contributed by atoms with Crippen molar-refractivity contribution in [3.63, 3.8) is 0 Å². The molecule has 40 heavy (non-hydrogen) atoms. The number of carbonyl (C=O) groups excluding carboxylic acids is 2. The molecule has 1 saturated carbocycles. The van der Waals surface area contributed by atoms with Gasteiger partial charge in [0.1, 0.15) is 17.7 Å². The summed E-state index contributed by atoms with van der Waals surface area (Å²) >= 11 is 0. The number of hydrogen-bond acceptors (Lipinski definition) is 6. The van der Waals surface area contributed by atoms with Crippen molar-refractivity contribution in [2.75, 3.05) is 31.6 Å². The SMILES string of the molecule is C\C=C(/C(C)=C\C(=C(/C)CC)C(O)CC)c1cc2cnc(NC(=O)C3CC3F)cc2nc1C(=O)N1CCOCC1. The molecular weight excluding hydrogens is 511 g/mol. The monoisotopic (exact) mass is 550 g/mol. The molecule has 2 N–H and O–H groups in total. The predicted octanol–water partition coefficient (Wildman–Crippen LogP) is 5.25. The summed E-state index contributed by atoms with van der Waals surface area (Å²) in [6.07, 6.45) is 5.50.